The van der Waals surface area contributed by atoms with E-state index in [0.717, 1.165) is 10.5 Å². The molecule has 1 aliphatic heterocycles. The molecule has 0 bridgehead atoms. The average Bonchev–Trinajstić information content (AvgIpc) is 3.92. The van der Waals surface area contributed by atoms with Crippen LogP contribution in [-0.4, -0.2) is 144 Å². The third-order valence-corrected chi connectivity index (χ3v) is 12.7. The monoisotopic (exact) mass is 1100 g/mol. The van der Waals surface area contributed by atoms with Crippen LogP contribution in [0.1, 0.15) is 75.0 Å². The lowest BCUT2D eigenvalue weighted by Crippen LogP contribution is -2.59. The van der Waals surface area contributed by atoms with Crippen molar-refractivity contribution >= 4 is 70.9 Å². The van der Waals surface area contributed by atoms with Crippen molar-refractivity contribution in [2.24, 2.45) is 39.4 Å². The molecule has 26 nitrogen and oxygen atoms in total. The molecule has 1 heterocycles. The number of nitrogens with zero attached hydrogens (tertiary/aromatic N) is 2. The van der Waals surface area contributed by atoms with E-state index < -0.39 is 133 Å². The molecular weight excluding hydrogens is 1020 g/mol. The molecule has 0 radical (unpaired) electrons. The number of amides is 11. The number of aliphatic imine (C=N–C) groups is 1. The molecule has 26 heteroatoms. The van der Waals surface area contributed by atoms with Crippen molar-refractivity contribution in [3.8, 4) is 0 Å². The molecule has 3 aromatic carbocycles. The summed E-state index contributed by atoms with van der Waals surface area (Å²) in [5.41, 5.74) is 35.7. The highest BCUT2D eigenvalue weighted by atomic mass is 16.2. The molecule has 4 rings (SSSR count). The third-order valence-electron chi connectivity index (χ3n) is 12.7. The molecule has 0 saturated carbocycles. The van der Waals surface area contributed by atoms with Crippen LogP contribution in [0.2, 0.25) is 0 Å². The highest BCUT2D eigenvalue weighted by Gasteiger charge is 2.40. The van der Waals surface area contributed by atoms with E-state index in [1.807, 2.05) is 6.07 Å². The lowest BCUT2D eigenvalue weighted by Gasteiger charge is -2.31. The first kappa shape index (κ1) is 62.6. The Morgan fingerprint density at radius 2 is 1.04 bits per heavy atom. The van der Waals surface area contributed by atoms with Crippen LogP contribution in [-0.2, 0) is 72.0 Å². The van der Waals surface area contributed by atoms with E-state index in [4.69, 9.17) is 34.4 Å². The number of nitrogens with two attached hydrogens (primary N) is 6. The zero-order valence-corrected chi connectivity index (χ0v) is 44.0. The van der Waals surface area contributed by atoms with Crippen LogP contribution in [0.4, 0.5) is 0 Å². The van der Waals surface area contributed by atoms with E-state index in [-0.39, 0.29) is 76.8 Å². The highest BCUT2D eigenvalue weighted by molar-refractivity contribution is 5.98. The Morgan fingerprint density at radius 3 is 1.57 bits per heavy atom. The van der Waals surface area contributed by atoms with Gasteiger partial charge in [-0.15, -0.1) is 0 Å². The molecule has 0 aromatic heterocycles. The Morgan fingerprint density at radius 1 is 0.557 bits per heavy atom. The molecule has 8 atom stereocenters. The van der Waals surface area contributed by atoms with Gasteiger partial charge in [-0.3, -0.25) is 57.7 Å². The first-order valence-corrected chi connectivity index (χ1v) is 25.8. The van der Waals surface area contributed by atoms with Crippen molar-refractivity contribution in [3.63, 3.8) is 0 Å². The Bertz CT molecular complexity index is 2620. The first-order valence-electron chi connectivity index (χ1n) is 25.8. The zero-order valence-electron chi connectivity index (χ0n) is 44.0. The van der Waals surface area contributed by atoms with Gasteiger partial charge in [0, 0.05) is 38.8 Å². The molecule has 3 aromatic rings. The summed E-state index contributed by atoms with van der Waals surface area (Å²) in [7, 11) is 0. The molecule has 1 aliphatic rings. The summed E-state index contributed by atoms with van der Waals surface area (Å²) >= 11 is 0. The van der Waals surface area contributed by atoms with Gasteiger partial charge in [0.1, 0.15) is 42.3 Å². The Balaban J connectivity index is 1.49. The van der Waals surface area contributed by atoms with Crippen molar-refractivity contribution in [2.45, 2.75) is 126 Å². The van der Waals surface area contributed by atoms with Crippen molar-refractivity contribution in [1.29, 1.82) is 0 Å². The molecule has 1 saturated heterocycles. The fourth-order valence-corrected chi connectivity index (χ4v) is 8.50. The highest BCUT2D eigenvalue weighted by Crippen LogP contribution is 2.21. The van der Waals surface area contributed by atoms with Crippen molar-refractivity contribution < 1.29 is 52.7 Å². The van der Waals surface area contributed by atoms with Gasteiger partial charge >= 0.3 is 0 Å². The normalized spacial score (nSPS) is 15.4. The molecule has 0 aliphatic carbocycles. The number of primary amides is 3. The van der Waals surface area contributed by atoms with Gasteiger partial charge in [0.15, 0.2) is 5.96 Å². The number of nitrogens with one attached hydrogen (secondary N) is 7. The standard InChI is InChI=1S/C53H73N15O11/c1-31(62-47(74)35(54)27-32-13-5-2-6-14-32)46(73)61-30-44(71)63-40(29-34-17-9-4-10-18-34)50(77)66-38(22-24-43(56)70)52(79)68-26-12-20-41(68)51(78)65-37(21-23-42(55)69)49(76)64-36(19-11-25-60-53(58)59)48(75)67-39(45(57)72)28-33-15-7-3-8-16-33/h2-10,13-18,31,35-41H,11-12,19-30,54H2,1H3,(H2,55,69)(H2,56,70)(H2,57,72)(H,61,73)(H,62,74)(H,63,71)(H,64,76)(H,65,78)(H,66,77)(H,67,75)(H4,58,59,60)/t31-,35-,36-,37-,38-,39-,40-,41-/m0/s1. The van der Waals surface area contributed by atoms with E-state index in [9.17, 15) is 52.7 Å². The molecule has 79 heavy (non-hydrogen) atoms. The van der Waals surface area contributed by atoms with Gasteiger partial charge in [-0.1, -0.05) is 91.0 Å². The number of guanidine groups is 1. The van der Waals surface area contributed by atoms with Gasteiger partial charge in [-0.2, -0.15) is 0 Å². The smallest absolute Gasteiger partial charge is 0.245 e. The number of carbonyl (C=O) groups excluding carboxylic acids is 11. The van der Waals surface area contributed by atoms with Crippen LogP contribution < -0.4 is 71.6 Å². The third kappa shape index (κ3) is 21.9. The molecule has 0 unspecified atom stereocenters. The maximum absolute atomic E-state index is 14.5. The maximum atomic E-state index is 14.5. The van der Waals surface area contributed by atoms with Crippen molar-refractivity contribution in [3.05, 3.63) is 108 Å². The lowest BCUT2D eigenvalue weighted by molar-refractivity contribution is -0.143. The van der Waals surface area contributed by atoms with Gasteiger partial charge in [-0.25, -0.2) is 0 Å². The number of benzene rings is 3. The topological polar surface area (TPSA) is 444 Å². The Hall–Kier alpha value is -8.94. The Labute approximate surface area is 457 Å². The molecule has 426 valence electrons. The minimum atomic E-state index is -1.51. The minimum Gasteiger partial charge on any atom is -0.370 e. The van der Waals surface area contributed by atoms with Crippen LogP contribution >= 0.6 is 0 Å². The van der Waals surface area contributed by atoms with Gasteiger partial charge in [0.25, 0.3) is 0 Å². The van der Waals surface area contributed by atoms with Gasteiger partial charge < -0.3 is 76.5 Å². The predicted octanol–water partition coefficient (Wildman–Crippen LogP) is -3.85. The van der Waals surface area contributed by atoms with E-state index >= 15 is 0 Å². The fraction of sp³-hybridized carbons (Fsp3) is 0.434. The summed E-state index contributed by atoms with van der Waals surface area (Å²) in [6, 6.07) is 16.0. The molecule has 1 fully saturated rings. The summed E-state index contributed by atoms with van der Waals surface area (Å²) < 4.78 is 0. The van der Waals surface area contributed by atoms with Crippen LogP contribution in [0.3, 0.4) is 0 Å². The van der Waals surface area contributed by atoms with Gasteiger partial charge in [0.2, 0.25) is 65.0 Å². The summed E-state index contributed by atoms with van der Waals surface area (Å²) in [6.07, 6.45) is -0.873. The van der Waals surface area contributed by atoms with E-state index in [1.54, 1.807) is 84.9 Å². The average molecular weight is 1100 g/mol. The molecule has 11 amide bonds. The molecule has 19 N–H and O–H groups in total. The SMILES string of the molecule is C[C@H](NC(=O)[C@@H](N)Cc1ccccc1)C(=O)NCC(=O)N[C@@H](Cc1ccccc1)C(=O)N[C@@H](CCC(N)=O)C(=O)N1CCC[C@H]1C(=O)N[C@@H](CCC(N)=O)C(=O)N[C@@H](CCCN=C(N)N)C(=O)N[C@@H](Cc1ccccc1)C(N)=O. The van der Waals surface area contributed by atoms with Crippen LogP contribution in [0, 0.1) is 0 Å². The van der Waals surface area contributed by atoms with E-state index in [0.29, 0.717) is 11.1 Å². The lowest BCUT2D eigenvalue weighted by atomic mass is 10.0. The van der Waals surface area contributed by atoms with E-state index in [1.165, 1.54) is 6.92 Å². The van der Waals surface area contributed by atoms with Crippen molar-refractivity contribution in [2.75, 3.05) is 19.6 Å². The molecule has 0 spiro atoms. The van der Waals surface area contributed by atoms with Crippen LogP contribution in [0.5, 0.6) is 0 Å². The fourth-order valence-electron chi connectivity index (χ4n) is 8.50. The summed E-state index contributed by atoms with van der Waals surface area (Å²) in [5.74, 6) is -9.10. The second-order valence-corrected chi connectivity index (χ2v) is 19.0. The van der Waals surface area contributed by atoms with Gasteiger partial charge in [0.05, 0.1) is 12.6 Å². The minimum absolute atomic E-state index is 0.0121. The second-order valence-electron chi connectivity index (χ2n) is 19.0. The summed E-state index contributed by atoms with van der Waals surface area (Å²) in [4.78, 5) is 152. The molecular formula is C53H73N15O11. The van der Waals surface area contributed by atoms with Crippen LogP contribution in [0.25, 0.3) is 0 Å². The quantitative estimate of drug-likeness (QED) is 0.0162. The number of rotatable bonds is 32. The number of carbonyl (C=O) groups is 11. The first-order chi connectivity index (χ1) is 37.6. The second kappa shape index (κ2) is 32.0. The number of hydrogen-bond donors (Lipinski definition) is 13. The maximum Gasteiger partial charge on any atom is 0.245 e. The van der Waals surface area contributed by atoms with Crippen molar-refractivity contribution in [1.82, 2.24) is 42.1 Å². The Kier molecular flexibility index (Phi) is 25.3. The largest absolute Gasteiger partial charge is 0.370 e. The summed E-state index contributed by atoms with van der Waals surface area (Å²) in [5, 5.41) is 17.9. The predicted molar refractivity (Wildman–Crippen MR) is 289 cm³/mol. The van der Waals surface area contributed by atoms with Gasteiger partial charge in [-0.05, 0) is 68.6 Å². The number of likely N-dealkylation sites (tertiary alicyclic amines) is 1. The number of hydrogen-bond acceptors (Lipinski definition) is 13. The van der Waals surface area contributed by atoms with E-state index in [2.05, 4.69) is 42.2 Å². The summed E-state index contributed by atoms with van der Waals surface area (Å²) in [6.45, 7) is 0.818. The zero-order chi connectivity index (χ0) is 58.0. The van der Waals surface area contributed by atoms with Crippen LogP contribution in [0.15, 0.2) is 96.0 Å².